The smallest absolute Gasteiger partial charge is 0.276 e. The Kier molecular flexibility index (Phi) is 3.14. The van der Waals surface area contributed by atoms with Gasteiger partial charge in [-0.2, -0.15) is 5.10 Å². The first-order valence-corrected chi connectivity index (χ1v) is 5.33. The Morgan fingerprint density at radius 3 is 2.76 bits per heavy atom. The fraction of sp³-hybridized carbons (Fsp3) is 0.154. The van der Waals surface area contributed by atoms with Crippen LogP contribution in [0.1, 0.15) is 21.6 Å². The molecule has 17 heavy (non-hydrogen) atoms. The lowest BCUT2D eigenvalue weighted by molar-refractivity contribution is 0.102. The molecule has 0 radical (unpaired) electrons. The third kappa shape index (κ3) is 2.66. The Hall–Kier alpha value is -2.23. The van der Waals surface area contributed by atoms with Crippen LogP contribution in [0.5, 0.6) is 0 Å². The van der Waals surface area contributed by atoms with E-state index >= 15 is 0 Å². The summed E-state index contributed by atoms with van der Waals surface area (Å²) in [5.41, 5.74) is 3.24. The van der Waals surface area contributed by atoms with Gasteiger partial charge in [0.05, 0.1) is 0 Å². The summed E-state index contributed by atoms with van der Waals surface area (Å²) in [5.74, 6) is -0.244. The molecule has 0 unspecified atom stereocenters. The standard InChI is InChI=1S/C13H13N3O/c1-9-5-6-10(2)12(8-9)15-13(17)11-4-3-7-14-16-11/h3-8H,1-2H3,(H,15,17). The number of nitrogens with zero attached hydrogens (tertiary/aromatic N) is 2. The van der Waals surface area contributed by atoms with E-state index in [-0.39, 0.29) is 5.91 Å². The van der Waals surface area contributed by atoms with E-state index in [1.165, 1.54) is 6.20 Å². The van der Waals surface area contributed by atoms with Crippen LogP contribution in [0, 0.1) is 13.8 Å². The lowest BCUT2D eigenvalue weighted by Gasteiger charge is -2.08. The Balaban J connectivity index is 2.22. The number of aromatic nitrogens is 2. The fourth-order valence-electron chi connectivity index (χ4n) is 1.48. The van der Waals surface area contributed by atoms with Crippen LogP contribution < -0.4 is 5.32 Å². The number of aryl methyl sites for hydroxylation is 2. The molecule has 0 saturated carbocycles. The first-order valence-electron chi connectivity index (χ1n) is 5.33. The van der Waals surface area contributed by atoms with E-state index in [4.69, 9.17) is 0 Å². The Morgan fingerprint density at radius 2 is 2.06 bits per heavy atom. The number of anilines is 1. The van der Waals surface area contributed by atoms with Crippen LogP contribution in [0.2, 0.25) is 0 Å². The second-order valence-corrected chi connectivity index (χ2v) is 3.88. The zero-order chi connectivity index (χ0) is 12.3. The molecule has 0 spiro atoms. The van der Waals surface area contributed by atoms with Gasteiger partial charge in [-0.05, 0) is 43.2 Å². The highest BCUT2D eigenvalue weighted by Crippen LogP contribution is 2.16. The molecule has 86 valence electrons. The molecule has 1 heterocycles. The Bertz CT molecular complexity index is 538. The number of carbonyl (C=O) groups excluding carboxylic acids is 1. The molecule has 2 rings (SSSR count). The van der Waals surface area contributed by atoms with Crippen molar-refractivity contribution in [3.05, 3.63) is 53.3 Å². The third-order valence-electron chi connectivity index (χ3n) is 2.45. The van der Waals surface area contributed by atoms with Gasteiger partial charge in [0.1, 0.15) is 0 Å². The van der Waals surface area contributed by atoms with Crippen LogP contribution >= 0.6 is 0 Å². The van der Waals surface area contributed by atoms with E-state index < -0.39 is 0 Å². The van der Waals surface area contributed by atoms with Gasteiger partial charge in [-0.3, -0.25) is 4.79 Å². The molecule has 1 aromatic heterocycles. The van der Waals surface area contributed by atoms with Crippen LogP contribution in [0.3, 0.4) is 0 Å². The van der Waals surface area contributed by atoms with Crippen molar-refractivity contribution in [1.29, 1.82) is 0 Å². The highest BCUT2D eigenvalue weighted by molar-refractivity contribution is 6.03. The minimum absolute atomic E-state index is 0.244. The van der Waals surface area contributed by atoms with E-state index in [2.05, 4.69) is 15.5 Å². The van der Waals surface area contributed by atoms with Crippen LogP contribution in [-0.2, 0) is 0 Å². The van der Waals surface area contributed by atoms with Gasteiger partial charge < -0.3 is 5.32 Å². The molecular formula is C13H13N3O. The summed E-state index contributed by atoms with van der Waals surface area (Å²) < 4.78 is 0. The molecule has 4 heteroatoms. The van der Waals surface area contributed by atoms with Crippen molar-refractivity contribution in [3.8, 4) is 0 Å². The topological polar surface area (TPSA) is 54.9 Å². The first kappa shape index (κ1) is 11.3. The monoisotopic (exact) mass is 227 g/mol. The molecular weight excluding hydrogens is 214 g/mol. The maximum atomic E-state index is 11.9. The summed E-state index contributed by atoms with van der Waals surface area (Å²) in [4.78, 5) is 11.9. The normalized spacial score (nSPS) is 10.0. The van der Waals surface area contributed by atoms with Gasteiger partial charge in [-0.15, -0.1) is 5.10 Å². The molecule has 1 aromatic carbocycles. The number of hydrogen-bond acceptors (Lipinski definition) is 3. The minimum atomic E-state index is -0.244. The van der Waals surface area contributed by atoms with Crippen molar-refractivity contribution in [2.75, 3.05) is 5.32 Å². The highest BCUT2D eigenvalue weighted by atomic mass is 16.1. The maximum Gasteiger partial charge on any atom is 0.276 e. The number of benzene rings is 1. The lowest BCUT2D eigenvalue weighted by atomic mass is 10.1. The quantitative estimate of drug-likeness (QED) is 0.856. The van der Waals surface area contributed by atoms with E-state index in [1.807, 2.05) is 32.0 Å². The molecule has 1 N–H and O–H groups in total. The van der Waals surface area contributed by atoms with Crippen molar-refractivity contribution in [2.45, 2.75) is 13.8 Å². The number of hydrogen-bond donors (Lipinski definition) is 1. The van der Waals surface area contributed by atoms with Crippen LogP contribution in [0.25, 0.3) is 0 Å². The predicted octanol–water partition coefficient (Wildman–Crippen LogP) is 2.35. The van der Waals surface area contributed by atoms with E-state index in [9.17, 15) is 4.79 Å². The first-order chi connectivity index (χ1) is 8.16. The highest BCUT2D eigenvalue weighted by Gasteiger charge is 2.08. The fourth-order valence-corrected chi connectivity index (χ4v) is 1.48. The van der Waals surface area contributed by atoms with Crippen molar-refractivity contribution < 1.29 is 4.79 Å². The van der Waals surface area contributed by atoms with Crippen molar-refractivity contribution >= 4 is 11.6 Å². The molecule has 0 bridgehead atoms. The molecule has 2 aromatic rings. The Morgan fingerprint density at radius 1 is 1.24 bits per heavy atom. The summed E-state index contributed by atoms with van der Waals surface area (Å²) in [6.45, 7) is 3.93. The van der Waals surface area contributed by atoms with Gasteiger partial charge in [0.15, 0.2) is 5.69 Å². The summed E-state index contributed by atoms with van der Waals surface area (Å²) in [7, 11) is 0. The average molecular weight is 227 g/mol. The third-order valence-corrected chi connectivity index (χ3v) is 2.45. The van der Waals surface area contributed by atoms with Crippen LogP contribution in [-0.4, -0.2) is 16.1 Å². The lowest BCUT2D eigenvalue weighted by Crippen LogP contribution is -2.14. The molecule has 0 saturated heterocycles. The largest absolute Gasteiger partial charge is 0.320 e. The van der Waals surface area contributed by atoms with Gasteiger partial charge in [0, 0.05) is 11.9 Å². The van der Waals surface area contributed by atoms with Crippen molar-refractivity contribution in [3.63, 3.8) is 0 Å². The van der Waals surface area contributed by atoms with Gasteiger partial charge in [-0.1, -0.05) is 12.1 Å². The predicted molar refractivity (Wildman–Crippen MR) is 65.9 cm³/mol. The van der Waals surface area contributed by atoms with E-state index in [0.29, 0.717) is 5.69 Å². The Labute approximate surface area is 99.7 Å². The van der Waals surface area contributed by atoms with E-state index in [1.54, 1.807) is 12.1 Å². The molecule has 0 atom stereocenters. The van der Waals surface area contributed by atoms with Gasteiger partial charge >= 0.3 is 0 Å². The summed E-state index contributed by atoms with van der Waals surface area (Å²) in [5, 5.41) is 10.3. The second-order valence-electron chi connectivity index (χ2n) is 3.88. The molecule has 1 amide bonds. The summed E-state index contributed by atoms with van der Waals surface area (Å²) >= 11 is 0. The average Bonchev–Trinajstić information content (AvgIpc) is 2.35. The molecule has 0 aliphatic carbocycles. The zero-order valence-electron chi connectivity index (χ0n) is 9.77. The van der Waals surface area contributed by atoms with Crippen molar-refractivity contribution in [2.24, 2.45) is 0 Å². The number of amides is 1. The number of rotatable bonds is 2. The van der Waals surface area contributed by atoms with E-state index in [0.717, 1.165) is 16.8 Å². The molecule has 0 aliphatic heterocycles. The second kappa shape index (κ2) is 4.74. The molecule has 4 nitrogen and oxygen atoms in total. The number of nitrogens with one attached hydrogen (secondary N) is 1. The van der Waals surface area contributed by atoms with Gasteiger partial charge in [0.2, 0.25) is 0 Å². The van der Waals surface area contributed by atoms with Gasteiger partial charge in [0.25, 0.3) is 5.91 Å². The summed E-state index contributed by atoms with van der Waals surface area (Å²) in [6, 6.07) is 9.23. The minimum Gasteiger partial charge on any atom is -0.320 e. The zero-order valence-corrected chi connectivity index (χ0v) is 9.77. The maximum absolute atomic E-state index is 11.9. The summed E-state index contributed by atoms with van der Waals surface area (Å²) in [6.07, 6.45) is 1.54. The van der Waals surface area contributed by atoms with Crippen LogP contribution in [0.15, 0.2) is 36.5 Å². The molecule has 0 aliphatic rings. The van der Waals surface area contributed by atoms with Gasteiger partial charge in [-0.25, -0.2) is 0 Å². The molecule has 0 fully saturated rings. The number of carbonyl (C=O) groups is 1. The SMILES string of the molecule is Cc1ccc(C)c(NC(=O)c2cccnn2)c1. The van der Waals surface area contributed by atoms with Crippen molar-refractivity contribution in [1.82, 2.24) is 10.2 Å². The van der Waals surface area contributed by atoms with Crippen LogP contribution in [0.4, 0.5) is 5.69 Å².